The van der Waals surface area contributed by atoms with Crippen LogP contribution >= 0.6 is 0 Å². The van der Waals surface area contributed by atoms with Crippen molar-refractivity contribution in [2.45, 2.75) is 26.2 Å². The van der Waals surface area contributed by atoms with Gasteiger partial charge in [0.2, 0.25) is 0 Å². The van der Waals surface area contributed by atoms with E-state index in [0.29, 0.717) is 11.3 Å². The third-order valence-corrected chi connectivity index (χ3v) is 2.66. The van der Waals surface area contributed by atoms with E-state index in [0.717, 1.165) is 25.5 Å². The summed E-state index contributed by atoms with van der Waals surface area (Å²) < 4.78 is 0. The van der Waals surface area contributed by atoms with Gasteiger partial charge < -0.3 is 11.1 Å². The summed E-state index contributed by atoms with van der Waals surface area (Å²) in [5.41, 5.74) is 6.80. The average molecular weight is 163 g/mol. The van der Waals surface area contributed by atoms with E-state index in [9.17, 15) is 0 Å². The van der Waals surface area contributed by atoms with Crippen molar-refractivity contribution in [2.24, 2.45) is 11.1 Å². The van der Waals surface area contributed by atoms with Gasteiger partial charge in [-0.2, -0.15) is 5.26 Å². The Balaban J connectivity index is 2.95. The zero-order chi connectivity index (χ0) is 9.19. The van der Waals surface area contributed by atoms with Crippen LogP contribution in [-0.4, -0.2) is 6.21 Å². The van der Waals surface area contributed by atoms with Crippen LogP contribution in [-0.2, 0) is 0 Å². The average Bonchev–Trinajstić information content (AvgIpc) is 2.86. The van der Waals surface area contributed by atoms with Crippen LogP contribution in [0.25, 0.3) is 0 Å². The minimum Gasteiger partial charge on any atom is -0.400 e. The first-order valence-corrected chi connectivity index (χ1v) is 4.11. The highest BCUT2D eigenvalue weighted by Gasteiger charge is 2.44. The van der Waals surface area contributed by atoms with E-state index in [1.54, 1.807) is 0 Å². The van der Waals surface area contributed by atoms with Crippen LogP contribution in [0.2, 0.25) is 0 Å². The van der Waals surface area contributed by atoms with Crippen molar-refractivity contribution >= 4 is 6.21 Å². The number of allylic oxidation sites excluding steroid dienone is 2. The molecular weight excluding hydrogens is 150 g/mol. The molecule has 0 heterocycles. The Morgan fingerprint density at radius 2 is 2.33 bits per heavy atom. The lowest BCUT2D eigenvalue weighted by molar-refractivity contribution is 0.574. The summed E-state index contributed by atoms with van der Waals surface area (Å²) in [5.74, 6) is 0. The van der Waals surface area contributed by atoms with Gasteiger partial charge in [0, 0.05) is 17.3 Å². The summed E-state index contributed by atoms with van der Waals surface area (Å²) in [4.78, 5) is 0. The van der Waals surface area contributed by atoms with Crippen molar-refractivity contribution < 1.29 is 0 Å². The van der Waals surface area contributed by atoms with Gasteiger partial charge in [-0.3, -0.25) is 0 Å². The molecule has 12 heavy (non-hydrogen) atoms. The van der Waals surface area contributed by atoms with Gasteiger partial charge in [-0.05, 0) is 19.3 Å². The maximum Gasteiger partial charge on any atom is 0.103 e. The zero-order valence-corrected chi connectivity index (χ0v) is 7.22. The largest absolute Gasteiger partial charge is 0.400 e. The monoisotopic (exact) mass is 163 g/mol. The molecule has 3 heteroatoms. The molecule has 0 atom stereocenters. The smallest absolute Gasteiger partial charge is 0.103 e. The Morgan fingerprint density at radius 1 is 1.75 bits per heavy atom. The maximum absolute atomic E-state index is 8.64. The first-order chi connectivity index (χ1) is 5.70. The molecule has 0 bridgehead atoms. The molecule has 3 N–H and O–H groups in total. The summed E-state index contributed by atoms with van der Waals surface area (Å²) in [6, 6.07) is 1.94. The summed E-state index contributed by atoms with van der Waals surface area (Å²) in [7, 11) is 0. The minimum absolute atomic E-state index is 0.0581. The molecular formula is C9H13N3. The van der Waals surface area contributed by atoms with Gasteiger partial charge in [0.15, 0.2) is 0 Å². The lowest BCUT2D eigenvalue weighted by Crippen LogP contribution is -2.15. The third kappa shape index (κ3) is 1.20. The highest BCUT2D eigenvalue weighted by Crippen LogP contribution is 2.53. The molecule has 1 saturated carbocycles. The maximum atomic E-state index is 8.64. The van der Waals surface area contributed by atoms with E-state index < -0.39 is 0 Å². The number of nitrogens with one attached hydrogen (secondary N) is 1. The number of nitriles is 1. The summed E-state index contributed by atoms with van der Waals surface area (Å²) in [6.45, 7) is 2.07. The fourth-order valence-corrected chi connectivity index (χ4v) is 1.42. The highest BCUT2D eigenvalue weighted by atomic mass is 14.7. The molecule has 1 aliphatic rings. The van der Waals surface area contributed by atoms with Gasteiger partial charge in [0.1, 0.15) is 6.07 Å². The molecule has 0 amide bonds. The van der Waals surface area contributed by atoms with Crippen LogP contribution < -0.4 is 5.73 Å². The molecule has 0 radical (unpaired) electrons. The van der Waals surface area contributed by atoms with Gasteiger partial charge in [-0.25, -0.2) is 0 Å². The summed E-state index contributed by atoms with van der Waals surface area (Å²) in [6.07, 6.45) is 4.14. The van der Waals surface area contributed by atoms with Crippen LogP contribution in [0.15, 0.2) is 11.3 Å². The third-order valence-electron chi connectivity index (χ3n) is 2.66. The quantitative estimate of drug-likeness (QED) is 0.489. The van der Waals surface area contributed by atoms with Gasteiger partial charge in [-0.15, -0.1) is 0 Å². The van der Waals surface area contributed by atoms with Gasteiger partial charge in [0.05, 0.1) is 5.57 Å². The van der Waals surface area contributed by atoms with Crippen molar-refractivity contribution in [3.63, 3.8) is 0 Å². The molecule has 1 fully saturated rings. The molecule has 64 valence electrons. The predicted molar refractivity (Wildman–Crippen MR) is 47.6 cm³/mol. The number of rotatable bonds is 3. The predicted octanol–water partition coefficient (Wildman–Crippen LogP) is 1.56. The fourth-order valence-electron chi connectivity index (χ4n) is 1.42. The van der Waals surface area contributed by atoms with Crippen molar-refractivity contribution in [3.05, 3.63) is 11.3 Å². The number of nitrogens with zero attached hydrogens (tertiary/aromatic N) is 1. The van der Waals surface area contributed by atoms with Crippen molar-refractivity contribution in [1.82, 2.24) is 0 Å². The molecule has 0 aromatic carbocycles. The van der Waals surface area contributed by atoms with E-state index >= 15 is 0 Å². The number of nitrogens with two attached hydrogens (primary N) is 1. The van der Waals surface area contributed by atoms with Gasteiger partial charge >= 0.3 is 0 Å². The van der Waals surface area contributed by atoms with E-state index in [1.807, 2.05) is 6.07 Å². The summed E-state index contributed by atoms with van der Waals surface area (Å²) in [5, 5.41) is 15.6. The minimum atomic E-state index is 0.0581. The second-order valence-electron chi connectivity index (χ2n) is 3.22. The topological polar surface area (TPSA) is 73.7 Å². The summed E-state index contributed by atoms with van der Waals surface area (Å²) >= 11 is 0. The molecule has 1 rings (SSSR count). The first-order valence-electron chi connectivity index (χ1n) is 4.11. The molecule has 0 aromatic heterocycles. The van der Waals surface area contributed by atoms with Crippen LogP contribution in [0.5, 0.6) is 0 Å². The molecule has 0 spiro atoms. The van der Waals surface area contributed by atoms with Crippen LogP contribution in [0.3, 0.4) is 0 Å². The molecule has 0 aromatic rings. The SMILES string of the molecule is CCC1(/C(N)=C(\C#N)C=N)CC1. The Bertz CT molecular complexity index is 266. The lowest BCUT2D eigenvalue weighted by Gasteiger charge is -2.12. The Hall–Kier alpha value is -1.30. The Labute approximate surface area is 72.4 Å². The van der Waals surface area contributed by atoms with Crippen LogP contribution in [0.1, 0.15) is 26.2 Å². The second-order valence-corrected chi connectivity index (χ2v) is 3.22. The van der Waals surface area contributed by atoms with E-state index in [1.165, 1.54) is 0 Å². The molecule has 0 saturated heterocycles. The number of hydrogen-bond acceptors (Lipinski definition) is 3. The van der Waals surface area contributed by atoms with Crippen molar-refractivity contribution in [1.29, 1.82) is 10.7 Å². The van der Waals surface area contributed by atoms with E-state index in [-0.39, 0.29) is 5.41 Å². The van der Waals surface area contributed by atoms with E-state index in [2.05, 4.69) is 6.92 Å². The van der Waals surface area contributed by atoms with Gasteiger partial charge in [-0.1, -0.05) is 6.92 Å². The van der Waals surface area contributed by atoms with Crippen LogP contribution in [0.4, 0.5) is 0 Å². The fraction of sp³-hybridized carbons (Fsp3) is 0.556. The molecule has 1 aliphatic carbocycles. The van der Waals surface area contributed by atoms with E-state index in [4.69, 9.17) is 16.4 Å². The Morgan fingerprint density at radius 3 is 2.58 bits per heavy atom. The second kappa shape index (κ2) is 2.98. The standard InChI is InChI=1S/C9H13N3/c1-2-9(3-4-9)8(12)7(5-10)6-11/h5,10H,2-4,12H2,1H3/b8-7+,10-5?. The lowest BCUT2D eigenvalue weighted by atomic mass is 9.96. The van der Waals surface area contributed by atoms with Gasteiger partial charge in [0.25, 0.3) is 0 Å². The highest BCUT2D eigenvalue weighted by molar-refractivity contribution is 5.82. The molecule has 0 unspecified atom stereocenters. The van der Waals surface area contributed by atoms with Crippen LogP contribution in [0, 0.1) is 22.2 Å². The normalized spacial score (nSPS) is 20.7. The number of hydrogen-bond donors (Lipinski definition) is 2. The van der Waals surface area contributed by atoms with Crippen molar-refractivity contribution in [3.8, 4) is 6.07 Å². The zero-order valence-electron chi connectivity index (χ0n) is 7.22. The first kappa shape index (κ1) is 8.79. The Kier molecular flexibility index (Phi) is 2.18. The molecule has 3 nitrogen and oxygen atoms in total. The molecule has 0 aliphatic heterocycles. The van der Waals surface area contributed by atoms with Crippen molar-refractivity contribution in [2.75, 3.05) is 0 Å².